The normalized spacial score (nSPS) is 53.1. The third-order valence-electron chi connectivity index (χ3n) is 9.42. The Bertz CT molecular complexity index is 960. The lowest BCUT2D eigenvalue weighted by Gasteiger charge is -2.55. The topological polar surface area (TPSA) is 65.1 Å². The second-order valence-electron chi connectivity index (χ2n) is 11.0. The van der Waals surface area contributed by atoms with E-state index in [1.807, 2.05) is 19.9 Å². The van der Waals surface area contributed by atoms with Crippen LogP contribution in [0.25, 0.3) is 0 Å². The molecule has 0 bridgehead atoms. The van der Waals surface area contributed by atoms with Crippen molar-refractivity contribution in [1.82, 2.24) is 0 Å². The number of alkyl halides is 1. The van der Waals surface area contributed by atoms with E-state index >= 15 is 0 Å². The third kappa shape index (κ3) is 2.20. The molecule has 0 radical (unpaired) electrons. The first-order valence-corrected chi connectivity index (χ1v) is 12.3. The average molecular weight is 449 g/mol. The Hall–Kier alpha value is -1.02. The van der Waals surface area contributed by atoms with Crippen LogP contribution in [0.4, 0.5) is 4.39 Å². The predicted molar refractivity (Wildman–Crippen MR) is 113 cm³/mol. The maximum absolute atomic E-state index is 13.4. The van der Waals surface area contributed by atoms with Crippen molar-refractivity contribution in [3.8, 4) is 0 Å². The monoisotopic (exact) mass is 448 g/mol. The second-order valence-corrected chi connectivity index (χ2v) is 11.9. The van der Waals surface area contributed by atoms with E-state index in [2.05, 4.69) is 13.8 Å². The molecule has 0 amide bonds. The van der Waals surface area contributed by atoms with Crippen LogP contribution in [-0.4, -0.2) is 46.1 Å². The Morgan fingerprint density at radius 2 is 1.97 bits per heavy atom. The highest BCUT2D eigenvalue weighted by molar-refractivity contribution is 8.13. The molecule has 5 nitrogen and oxygen atoms in total. The minimum atomic E-state index is -1.16. The molecule has 6 aliphatic rings. The van der Waals surface area contributed by atoms with Crippen LogP contribution in [0.3, 0.4) is 0 Å². The van der Waals surface area contributed by atoms with E-state index in [1.165, 1.54) is 0 Å². The van der Waals surface area contributed by atoms with Crippen LogP contribution in [0, 0.1) is 22.7 Å². The Morgan fingerprint density at radius 1 is 1.19 bits per heavy atom. The number of fused-ring (bicyclic) bond motifs is 5. The summed E-state index contributed by atoms with van der Waals surface area (Å²) < 4.78 is 32.6. The average Bonchev–Trinajstić information content (AvgIpc) is 3.26. The van der Waals surface area contributed by atoms with Crippen LogP contribution >= 0.6 is 11.8 Å². The number of epoxide rings is 1. The maximum atomic E-state index is 13.4. The molecule has 0 N–H and O–H groups in total. The number of ketones is 1. The van der Waals surface area contributed by atoms with Crippen molar-refractivity contribution in [2.45, 2.75) is 82.6 Å². The molecule has 6 rings (SSSR count). The summed E-state index contributed by atoms with van der Waals surface area (Å²) in [4.78, 5) is 25.5. The van der Waals surface area contributed by atoms with E-state index in [0.717, 1.165) is 18.4 Å². The van der Waals surface area contributed by atoms with Crippen molar-refractivity contribution in [2.24, 2.45) is 22.7 Å². The maximum Gasteiger partial charge on any atom is 0.226 e. The van der Waals surface area contributed by atoms with Gasteiger partial charge in [0, 0.05) is 10.8 Å². The largest absolute Gasteiger partial charge is 0.364 e. The van der Waals surface area contributed by atoms with Crippen LogP contribution in [0.5, 0.6) is 0 Å². The fourth-order valence-electron chi connectivity index (χ4n) is 8.25. The van der Waals surface area contributed by atoms with Gasteiger partial charge in [0.1, 0.15) is 11.6 Å². The lowest BCUT2D eigenvalue weighted by atomic mass is 9.47. The van der Waals surface area contributed by atoms with Gasteiger partial charge in [-0.25, -0.2) is 4.39 Å². The van der Waals surface area contributed by atoms with E-state index < -0.39 is 22.8 Å². The number of allylic oxidation sites excluding steroid dienone is 2. The molecule has 0 aromatic rings. The van der Waals surface area contributed by atoms with Gasteiger partial charge >= 0.3 is 0 Å². The van der Waals surface area contributed by atoms with E-state index in [-0.39, 0.29) is 46.0 Å². The van der Waals surface area contributed by atoms with E-state index in [4.69, 9.17) is 14.2 Å². The standard InChI is InChI=1S/C24H29FO5S/c1-20(2)28-17-10-16-15-6-5-13-9-14(26)7-8-21(13,3)23(15)18(29-23)11-22(16,4)24(17,30-20)19(27)31-12-25/h7-9,15-18H,5-6,10-12H2,1-4H3/t15?,16?,17-,18+,21?,22?,23-,24+/m1/s1. The number of hydrogen-bond acceptors (Lipinski definition) is 6. The molecule has 2 saturated heterocycles. The van der Waals surface area contributed by atoms with E-state index in [1.54, 1.807) is 12.2 Å². The SMILES string of the molecule is CC1(C)O[C@@H]2CC3C4CCC5=CC(=O)C=CC5(C)[C@@]45O[C@H]5CC3(C)[C@]2(C(=O)SCF)O1. The van der Waals surface area contributed by atoms with Gasteiger partial charge < -0.3 is 14.2 Å². The number of hydrogen-bond donors (Lipinski definition) is 0. The Morgan fingerprint density at radius 3 is 2.71 bits per heavy atom. The van der Waals surface area contributed by atoms with Gasteiger partial charge in [0.2, 0.25) is 5.12 Å². The Kier molecular flexibility index (Phi) is 3.92. The van der Waals surface area contributed by atoms with Gasteiger partial charge in [-0.15, -0.1) is 0 Å². The van der Waals surface area contributed by atoms with Gasteiger partial charge in [-0.05, 0) is 70.4 Å². The van der Waals surface area contributed by atoms with Crippen molar-refractivity contribution in [1.29, 1.82) is 0 Å². The fourth-order valence-corrected chi connectivity index (χ4v) is 8.97. The Labute approximate surface area is 186 Å². The molecule has 7 heteroatoms. The van der Waals surface area contributed by atoms with Gasteiger partial charge in [-0.3, -0.25) is 9.59 Å². The van der Waals surface area contributed by atoms with Crippen molar-refractivity contribution >= 4 is 22.7 Å². The van der Waals surface area contributed by atoms with Crippen molar-refractivity contribution in [3.05, 3.63) is 23.8 Å². The van der Waals surface area contributed by atoms with E-state index in [0.29, 0.717) is 24.6 Å². The first-order chi connectivity index (χ1) is 14.5. The number of rotatable bonds is 2. The molecule has 168 valence electrons. The highest BCUT2D eigenvalue weighted by atomic mass is 32.2. The predicted octanol–water partition coefficient (Wildman–Crippen LogP) is 4.11. The van der Waals surface area contributed by atoms with Gasteiger partial charge in [0.15, 0.2) is 17.2 Å². The molecule has 4 aliphatic carbocycles. The summed E-state index contributed by atoms with van der Waals surface area (Å²) in [7, 11) is 0. The molecule has 2 heterocycles. The molecule has 5 fully saturated rings. The lowest BCUT2D eigenvalue weighted by Crippen LogP contribution is -2.62. The van der Waals surface area contributed by atoms with Crippen LogP contribution in [0.1, 0.15) is 53.4 Å². The van der Waals surface area contributed by atoms with Gasteiger partial charge in [-0.1, -0.05) is 30.3 Å². The molecule has 4 unspecified atom stereocenters. The molecular formula is C24H29FO5S. The highest BCUT2D eigenvalue weighted by Gasteiger charge is 2.84. The molecule has 0 aromatic heterocycles. The first kappa shape index (κ1) is 20.6. The summed E-state index contributed by atoms with van der Waals surface area (Å²) in [6.45, 7) is 8.01. The Balaban J connectivity index is 1.45. The van der Waals surface area contributed by atoms with Crippen LogP contribution in [-0.2, 0) is 23.8 Å². The number of thioether (sulfide) groups is 1. The van der Waals surface area contributed by atoms with Crippen LogP contribution in [0.2, 0.25) is 0 Å². The lowest BCUT2D eigenvalue weighted by molar-refractivity contribution is -0.206. The molecule has 3 saturated carbocycles. The van der Waals surface area contributed by atoms with Gasteiger partial charge in [0.25, 0.3) is 0 Å². The number of ether oxygens (including phenoxy) is 3. The fraction of sp³-hybridized carbons (Fsp3) is 0.750. The van der Waals surface area contributed by atoms with Crippen LogP contribution in [0.15, 0.2) is 23.8 Å². The minimum Gasteiger partial charge on any atom is -0.364 e. The molecular weight excluding hydrogens is 419 g/mol. The summed E-state index contributed by atoms with van der Waals surface area (Å²) in [5.74, 6) is -0.434. The molecule has 2 aliphatic heterocycles. The summed E-state index contributed by atoms with van der Waals surface area (Å²) >= 11 is 0.702. The molecule has 8 atom stereocenters. The van der Waals surface area contributed by atoms with Gasteiger partial charge in [0.05, 0.1) is 12.2 Å². The zero-order valence-electron chi connectivity index (χ0n) is 18.4. The quantitative estimate of drug-likeness (QED) is 0.593. The summed E-state index contributed by atoms with van der Waals surface area (Å²) in [6, 6.07) is -0.768. The van der Waals surface area contributed by atoms with Crippen molar-refractivity contribution in [3.63, 3.8) is 0 Å². The number of carbonyl (C=O) groups is 2. The number of halogens is 1. The summed E-state index contributed by atoms with van der Waals surface area (Å²) in [5.41, 5.74) is -1.14. The van der Waals surface area contributed by atoms with Crippen molar-refractivity contribution in [2.75, 3.05) is 6.01 Å². The second kappa shape index (κ2) is 5.91. The highest BCUT2D eigenvalue weighted by Crippen LogP contribution is 2.77. The smallest absolute Gasteiger partial charge is 0.226 e. The van der Waals surface area contributed by atoms with Crippen LogP contribution < -0.4 is 0 Å². The van der Waals surface area contributed by atoms with Crippen molar-refractivity contribution < 1.29 is 28.2 Å². The zero-order valence-corrected chi connectivity index (χ0v) is 19.2. The molecule has 31 heavy (non-hydrogen) atoms. The summed E-state index contributed by atoms with van der Waals surface area (Å²) in [5, 5.41) is -0.255. The molecule has 1 spiro atoms. The number of carbonyl (C=O) groups excluding carboxylic acids is 2. The van der Waals surface area contributed by atoms with Gasteiger partial charge in [-0.2, -0.15) is 0 Å². The molecule has 0 aromatic carbocycles. The third-order valence-corrected chi connectivity index (χ3v) is 10.1. The first-order valence-electron chi connectivity index (χ1n) is 11.3. The zero-order chi connectivity index (χ0) is 22.0. The minimum absolute atomic E-state index is 0.0172. The van der Waals surface area contributed by atoms with E-state index in [9.17, 15) is 14.0 Å². The summed E-state index contributed by atoms with van der Waals surface area (Å²) in [6.07, 6.45) is 8.25.